The molecule has 3 nitrogen and oxygen atoms in total. The summed E-state index contributed by atoms with van der Waals surface area (Å²) in [7, 11) is 0. The van der Waals surface area contributed by atoms with Gasteiger partial charge >= 0.3 is 0 Å². The fourth-order valence-electron chi connectivity index (χ4n) is 2.00. The van der Waals surface area contributed by atoms with Crippen LogP contribution in [0.25, 0.3) is 0 Å². The molecule has 0 aliphatic heterocycles. The van der Waals surface area contributed by atoms with Gasteiger partial charge in [-0.05, 0) is 65.2 Å². The van der Waals surface area contributed by atoms with Crippen LogP contribution in [0.3, 0.4) is 0 Å². The molecule has 3 N–H and O–H groups in total. The summed E-state index contributed by atoms with van der Waals surface area (Å²) < 4.78 is 1.71. The summed E-state index contributed by atoms with van der Waals surface area (Å²) in [6, 6.07) is 9.19. The van der Waals surface area contributed by atoms with Crippen LogP contribution in [-0.2, 0) is 0 Å². The molecule has 2 aromatic rings. The van der Waals surface area contributed by atoms with E-state index in [4.69, 9.17) is 5.73 Å². The van der Waals surface area contributed by atoms with Gasteiger partial charge in [-0.1, -0.05) is 22.0 Å². The molecule has 0 atom stereocenters. The molecule has 0 saturated heterocycles. The maximum atomic E-state index is 12.3. The minimum Gasteiger partial charge on any atom is -0.398 e. The Hall–Kier alpha value is -1.33. The van der Waals surface area contributed by atoms with Crippen molar-refractivity contribution in [2.24, 2.45) is 0 Å². The number of aryl methyl sites for hydroxylation is 2. The number of anilines is 2. The molecule has 0 spiro atoms. The number of carbonyl (C=O) groups is 1. The molecule has 0 aromatic heterocycles. The molecule has 1 amide bonds. The van der Waals surface area contributed by atoms with Crippen LogP contribution in [-0.4, -0.2) is 5.91 Å². The molecule has 2 aromatic carbocycles. The lowest BCUT2D eigenvalue weighted by molar-refractivity contribution is 0.102. The molecular formula is C15H14Br2N2O. The molecular weight excluding hydrogens is 384 g/mol. The van der Waals surface area contributed by atoms with Crippen molar-refractivity contribution >= 4 is 49.1 Å². The number of carbonyl (C=O) groups excluding carboxylic acids is 1. The zero-order valence-corrected chi connectivity index (χ0v) is 14.3. The van der Waals surface area contributed by atoms with Gasteiger partial charge in [0.1, 0.15) is 0 Å². The Morgan fingerprint density at radius 3 is 2.45 bits per heavy atom. The molecule has 2 rings (SSSR count). The summed E-state index contributed by atoms with van der Waals surface area (Å²) in [6.07, 6.45) is 0. The van der Waals surface area contributed by atoms with Crippen molar-refractivity contribution < 1.29 is 4.79 Å². The zero-order chi connectivity index (χ0) is 14.9. The first-order valence-electron chi connectivity index (χ1n) is 6.01. The van der Waals surface area contributed by atoms with Crippen molar-refractivity contribution in [1.29, 1.82) is 0 Å². The third kappa shape index (κ3) is 3.22. The minimum atomic E-state index is -0.220. The minimum absolute atomic E-state index is 0.220. The Morgan fingerprint density at radius 2 is 1.85 bits per heavy atom. The SMILES string of the molecule is Cc1cc(C)c(NC(=O)c2ccc(Br)cc2N)c(Br)c1. The molecule has 104 valence electrons. The van der Waals surface area contributed by atoms with Gasteiger partial charge in [-0.3, -0.25) is 4.79 Å². The fraction of sp³-hybridized carbons (Fsp3) is 0.133. The van der Waals surface area contributed by atoms with E-state index in [0.29, 0.717) is 11.3 Å². The first-order valence-corrected chi connectivity index (χ1v) is 7.60. The van der Waals surface area contributed by atoms with Crippen LogP contribution in [0.1, 0.15) is 21.5 Å². The van der Waals surface area contributed by atoms with Gasteiger partial charge in [0.15, 0.2) is 0 Å². The molecule has 0 aliphatic rings. The highest BCUT2D eigenvalue weighted by Crippen LogP contribution is 2.29. The lowest BCUT2D eigenvalue weighted by Gasteiger charge is -2.13. The number of nitrogen functional groups attached to an aromatic ring is 1. The van der Waals surface area contributed by atoms with E-state index < -0.39 is 0 Å². The standard InChI is InChI=1S/C15H14Br2N2O/c1-8-5-9(2)14(12(17)6-8)19-15(20)11-4-3-10(16)7-13(11)18/h3-7H,18H2,1-2H3,(H,19,20). The number of hydrogen-bond donors (Lipinski definition) is 2. The Balaban J connectivity index is 2.33. The van der Waals surface area contributed by atoms with E-state index in [1.807, 2.05) is 26.0 Å². The summed E-state index contributed by atoms with van der Waals surface area (Å²) in [6.45, 7) is 3.97. The summed E-state index contributed by atoms with van der Waals surface area (Å²) in [5, 5.41) is 2.90. The van der Waals surface area contributed by atoms with Gasteiger partial charge in [0.2, 0.25) is 0 Å². The Morgan fingerprint density at radius 1 is 1.15 bits per heavy atom. The van der Waals surface area contributed by atoms with Crippen LogP contribution in [0, 0.1) is 13.8 Å². The monoisotopic (exact) mass is 396 g/mol. The average Bonchev–Trinajstić information content (AvgIpc) is 2.33. The average molecular weight is 398 g/mol. The predicted octanol–water partition coefficient (Wildman–Crippen LogP) is 4.66. The first-order chi connectivity index (χ1) is 9.38. The van der Waals surface area contributed by atoms with Gasteiger partial charge < -0.3 is 11.1 Å². The van der Waals surface area contributed by atoms with Crippen LogP contribution in [0.15, 0.2) is 39.3 Å². The topological polar surface area (TPSA) is 55.1 Å². The fourth-order valence-corrected chi connectivity index (χ4v) is 3.15. The summed E-state index contributed by atoms with van der Waals surface area (Å²) in [5.41, 5.74) is 9.68. The van der Waals surface area contributed by atoms with E-state index in [1.54, 1.807) is 18.2 Å². The van der Waals surface area contributed by atoms with E-state index in [9.17, 15) is 4.79 Å². The summed E-state index contributed by atoms with van der Waals surface area (Å²) >= 11 is 6.80. The van der Waals surface area contributed by atoms with E-state index in [2.05, 4.69) is 37.2 Å². The molecule has 0 aliphatic carbocycles. The van der Waals surface area contributed by atoms with Crippen LogP contribution in [0.5, 0.6) is 0 Å². The van der Waals surface area contributed by atoms with Gasteiger partial charge in [0.05, 0.1) is 11.3 Å². The van der Waals surface area contributed by atoms with Crippen molar-refractivity contribution in [2.75, 3.05) is 11.1 Å². The van der Waals surface area contributed by atoms with Gasteiger partial charge in [-0.25, -0.2) is 0 Å². The highest BCUT2D eigenvalue weighted by Gasteiger charge is 2.13. The molecule has 5 heteroatoms. The first kappa shape index (κ1) is 15.1. The number of amides is 1. The highest BCUT2D eigenvalue weighted by molar-refractivity contribution is 9.10. The Labute approximate surface area is 134 Å². The van der Waals surface area contributed by atoms with Crippen LogP contribution in [0.2, 0.25) is 0 Å². The maximum Gasteiger partial charge on any atom is 0.257 e. The van der Waals surface area contributed by atoms with E-state index >= 15 is 0 Å². The summed E-state index contributed by atoms with van der Waals surface area (Å²) in [5.74, 6) is -0.220. The smallest absolute Gasteiger partial charge is 0.257 e. The van der Waals surface area contributed by atoms with Gasteiger partial charge in [-0.15, -0.1) is 0 Å². The number of benzene rings is 2. The molecule has 0 fully saturated rings. The van der Waals surface area contributed by atoms with Crippen LogP contribution in [0.4, 0.5) is 11.4 Å². The highest BCUT2D eigenvalue weighted by atomic mass is 79.9. The second-order valence-electron chi connectivity index (χ2n) is 4.62. The third-order valence-electron chi connectivity index (χ3n) is 2.93. The predicted molar refractivity (Wildman–Crippen MR) is 90.1 cm³/mol. The number of hydrogen-bond acceptors (Lipinski definition) is 2. The van der Waals surface area contributed by atoms with Crippen molar-refractivity contribution in [3.63, 3.8) is 0 Å². The molecule has 0 bridgehead atoms. The number of rotatable bonds is 2. The van der Waals surface area contributed by atoms with Gasteiger partial charge in [0, 0.05) is 14.6 Å². The Kier molecular flexibility index (Phi) is 4.50. The van der Waals surface area contributed by atoms with Crippen molar-refractivity contribution in [3.05, 3.63) is 56.0 Å². The number of nitrogens with two attached hydrogens (primary N) is 1. The molecule has 0 radical (unpaired) electrons. The molecule has 0 saturated carbocycles. The molecule has 0 heterocycles. The normalized spacial score (nSPS) is 10.4. The molecule has 0 unspecified atom stereocenters. The largest absolute Gasteiger partial charge is 0.398 e. The maximum absolute atomic E-state index is 12.3. The van der Waals surface area contributed by atoms with E-state index in [1.165, 1.54) is 0 Å². The third-order valence-corrected chi connectivity index (χ3v) is 4.05. The van der Waals surface area contributed by atoms with Gasteiger partial charge in [0.25, 0.3) is 5.91 Å². The second kappa shape index (κ2) is 5.97. The quantitative estimate of drug-likeness (QED) is 0.723. The van der Waals surface area contributed by atoms with E-state index in [0.717, 1.165) is 25.8 Å². The molecule has 20 heavy (non-hydrogen) atoms. The number of halogens is 2. The zero-order valence-electron chi connectivity index (χ0n) is 11.1. The van der Waals surface area contributed by atoms with Crippen LogP contribution >= 0.6 is 31.9 Å². The van der Waals surface area contributed by atoms with Crippen molar-refractivity contribution in [1.82, 2.24) is 0 Å². The van der Waals surface area contributed by atoms with Crippen molar-refractivity contribution in [3.8, 4) is 0 Å². The van der Waals surface area contributed by atoms with Gasteiger partial charge in [-0.2, -0.15) is 0 Å². The number of nitrogens with one attached hydrogen (secondary N) is 1. The lowest BCUT2D eigenvalue weighted by Crippen LogP contribution is -2.15. The van der Waals surface area contributed by atoms with E-state index in [-0.39, 0.29) is 5.91 Å². The second-order valence-corrected chi connectivity index (χ2v) is 6.39. The van der Waals surface area contributed by atoms with Crippen molar-refractivity contribution in [2.45, 2.75) is 13.8 Å². The van der Waals surface area contributed by atoms with Crippen LogP contribution < -0.4 is 11.1 Å². The Bertz CT molecular complexity index is 661. The summed E-state index contributed by atoms with van der Waals surface area (Å²) in [4.78, 5) is 12.3. The lowest BCUT2D eigenvalue weighted by atomic mass is 10.1.